The highest BCUT2D eigenvalue weighted by Gasteiger charge is 2.25. The van der Waals surface area contributed by atoms with Gasteiger partial charge in [-0.05, 0) is 31.9 Å². The van der Waals surface area contributed by atoms with Crippen LogP contribution < -0.4 is 0 Å². The van der Waals surface area contributed by atoms with E-state index in [4.69, 9.17) is 4.52 Å². The lowest BCUT2D eigenvalue weighted by Crippen LogP contribution is -2.36. The van der Waals surface area contributed by atoms with Crippen LogP contribution in [0.1, 0.15) is 36.0 Å². The van der Waals surface area contributed by atoms with E-state index in [0.717, 1.165) is 37.0 Å². The van der Waals surface area contributed by atoms with E-state index in [1.54, 1.807) is 0 Å². The van der Waals surface area contributed by atoms with Gasteiger partial charge < -0.3 is 9.42 Å². The summed E-state index contributed by atoms with van der Waals surface area (Å²) >= 11 is 2.01. The third-order valence-corrected chi connectivity index (χ3v) is 5.07. The number of hydrogen-bond acceptors (Lipinski definition) is 5. The van der Waals surface area contributed by atoms with Gasteiger partial charge in [-0.15, -0.1) is 0 Å². The van der Waals surface area contributed by atoms with Gasteiger partial charge in [-0.25, -0.2) is 0 Å². The average molecular weight is 317 g/mol. The zero-order chi connectivity index (χ0) is 15.2. The fourth-order valence-electron chi connectivity index (χ4n) is 2.90. The summed E-state index contributed by atoms with van der Waals surface area (Å²) in [7, 11) is 0. The summed E-state index contributed by atoms with van der Waals surface area (Å²) in [6.45, 7) is 5.26. The second-order valence-corrected chi connectivity index (χ2v) is 6.96. The summed E-state index contributed by atoms with van der Waals surface area (Å²) in [6, 6.07) is 10.7. The highest BCUT2D eigenvalue weighted by molar-refractivity contribution is 7.98. The van der Waals surface area contributed by atoms with E-state index in [2.05, 4.69) is 45.4 Å². The zero-order valence-electron chi connectivity index (χ0n) is 13.1. The van der Waals surface area contributed by atoms with Crippen LogP contribution >= 0.6 is 11.8 Å². The normalized spacial score (nSPS) is 19.4. The molecule has 0 unspecified atom stereocenters. The molecule has 0 aliphatic carbocycles. The predicted octanol–water partition coefficient (Wildman–Crippen LogP) is 3.49. The van der Waals surface area contributed by atoms with Crippen molar-refractivity contribution in [3.05, 3.63) is 47.6 Å². The molecule has 3 rings (SSSR count). The van der Waals surface area contributed by atoms with E-state index in [-0.39, 0.29) is 0 Å². The first-order chi connectivity index (χ1) is 10.8. The molecule has 5 heteroatoms. The number of aryl methyl sites for hydroxylation is 1. The Morgan fingerprint density at radius 1 is 1.32 bits per heavy atom. The van der Waals surface area contributed by atoms with E-state index in [1.165, 1.54) is 24.3 Å². The SMILES string of the molecule is Cc1noc([C@H]2CCCN(CCSCc3ccccc3)C2)n1. The second-order valence-electron chi connectivity index (χ2n) is 5.86. The van der Waals surface area contributed by atoms with Crippen molar-refractivity contribution in [2.24, 2.45) is 0 Å². The Hall–Kier alpha value is -1.33. The molecule has 1 aromatic heterocycles. The molecule has 0 saturated carbocycles. The molecule has 0 radical (unpaired) electrons. The molecule has 4 nitrogen and oxygen atoms in total. The van der Waals surface area contributed by atoms with Gasteiger partial charge in [0, 0.05) is 24.6 Å². The van der Waals surface area contributed by atoms with Crippen molar-refractivity contribution in [3.8, 4) is 0 Å². The van der Waals surface area contributed by atoms with Crippen LogP contribution in [-0.2, 0) is 5.75 Å². The maximum Gasteiger partial charge on any atom is 0.231 e. The smallest absolute Gasteiger partial charge is 0.231 e. The Morgan fingerprint density at radius 2 is 2.18 bits per heavy atom. The third kappa shape index (κ3) is 4.34. The largest absolute Gasteiger partial charge is 0.339 e. The standard InChI is InChI=1S/C17H23N3OS/c1-14-18-17(21-19-14)16-8-5-9-20(12-16)10-11-22-13-15-6-3-2-4-7-15/h2-4,6-7,16H,5,8-13H2,1H3/t16-/m0/s1. The minimum absolute atomic E-state index is 0.411. The van der Waals surface area contributed by atoms with Crippen LogP contribution in [0.2, 0.25) is 0 Å². The molecule has 1 fully saturated rings. The Labute approximate surface area is 136 Å². The summed E-state index contributed by atoms with van der Waals surface area (Å²) in [5.41, 5.74) is 1.41. The summed E-state index contributed by atoms with van der Waals surface area (Å²) in [4.78, 5) is 6.93. The van der Waals surface area contributed by atoms with E-state index in [9.17, 15) is 0 Å². The molecule has 1 saturated heterocycles. The number of aromatic nitrogens is 2. The lowest BCUT2D eigenvalue weighted by molar-refractivity contribution is 0.196. The van der Waals surface area contributed by atoms with Gasteiger partial charge in [0.25, 0.3) is 0 Å². The van der Waals surface area contributed by atoms with Gasteiger partial charge in [-0.3, -0.25) is 0 Å². The fourth-order valence-corrected chi connectivity index (χ4v) is 3.86. The minimum atomic E-state index is 0.411. The van der Waals surface area contributed by atoms with Gasteiger partial charge in [0.05, 0.1) is 5.92 Å². The summed E-state index contributed by atoms with van der Waals surface area (Å²) in [6.07, 6.45) is 2.38. The molecule has 0 spiro atoms. The van der Waals surface area contributed by atoms with Gasteiger partial charge in [-0.1, -0.05) is 35.5 Å². The monoisotopic (exact) mass is 317 g/mol. The number of nitrogens with zero attached hydrogens (tertiary/aromatic N) is 3. The molecule has 1 aliphatic rings. The Kier molecular flexibility index (Phi) is 5.51. The van der Waals surface area contributed by atoms with Crippen molar-refractivity contribution in [2.75, 3.05) is 25.4 Å². The van der Waals surface area contributed by atoms with Crippen molar-refractivity contribution in [3.63, 3.8) is 0 Å². The third-order valence-electron chi connectivity index (χ3n) is 4.06. The molecule has 0 N–H and O–H groups in total. The molecule has 1 aliphatic heterocycles. The van der Waals surface area contributed by atoms with Crippen LogP contribution in [0.15, 0.2) is 34.9 Å². The van der Waals surface area contributed by atoms with Gasteiger partial charge in [0.15, 0.2) is 5.82 Å². The molecule has 2 heterocycles. The minimum Gasteiger partial charge on any atom is -0.339 e. The molecule has 22 heavy (non-hydrogen) atoms. The van der Waals surface area contributed by atoms with Crippen LogP contribution in [0.3, 0.4) is 0 Å². The lowest BCUT2D eigenvalue weighted by atomic mass is 9.98. The predicted molar refractivity (Wildman–Crippen MR) is 90.1 cm³/mol. The summed E-state index contributed by atoms with van der Waals surface area (Å²) in [5, 5.41) is 3.92. The molecular formula is C17H23N3OS. The Morgan fingerprint density at radius 3 is 2.95 bits per heavy atom. The molecule has 118 valence electrons. The van der Waals surface area contributed by atoms with Gasteiger partial charge >= 0.3 is 0 Å². The van der Waals surface area contributed by atoms with Crippen molar-refractivity contribution in [2.45, 2.75) is 31.4 Å². The topological polar surface area (TPSA) is 42.2 Å². The number of benzene rings is 1. The summed E-state index contributed by atoms with van der Waals surface area (Å²) < 4.78 is 5.34. The lowest BCUT2D eigenvalue weighted by Gasteiger charge is -2.30. The Bertz CT molecular complexity index is 572. The van der Waals surface area contributed by atoms with Crippen LogP contribution in [-0.4, -0.2) is 40.4 Å². The molecule has 2 aromatic rings. The van der Waals surface area contributed by atoms with Crippen LogP contribution in [0.25, 0.3) is 0 Å². The number of hydrogen-bond donors (Lipinski definition) is 0. The number of likely N-dealkylation sites (tertiary alicyclic amines) is 1. The maximum atomic E-state index is 5.34. The summed E-state index contributed by atoms with van der Waals surface area (Å²) in [5.74, 6) is 4.24. The number of piperidine rings is 1. The second kappa shape index (κ2) is 7.79. The van der Waals surface area contributed by atoms with E-state index in [1.807, 2.05) is 18.7 Å². The van der Waals surface area contributed by atoms with E-state index in [0.29, 0.717) is 5.92 Å². The molecule has 1 aromatic carbocycles. The van der Waals surface area contributed by atoms with E-state index < -0.39 is 0 Å². The van der Waals surface area contributed by atoms with Gasteiger partial charge in [0.1, 0.15) is 0 Å². The molecule has 0 bridgehead atoms. The molecule has 0 amide bonds. The van der Waals surface area contributed by atoms with E-state index >= 15 is 0 Å². The first-order valence-corrected chi connectivity index (χ1v) is 9.11. The van der Waals surface area contributed by atoms with Gasteiger partial charge in [0.2, 0.25) is 5.89 Å². The zero-order valence-corrected chi connectivity index (χ0v) is 13.9. The van der Waals surface area contributed by atoms with Gasteiger partial charge in [-0.2, -0.15) is 16.7 Å². The highest BCUT2D eigenvalue weighted by Crippen LogP contribution is 2.25. The number of thioether (sulfide) groups is 1. The Balaban J connectivity index is 1.41. The first-order valence-electron chi connectivity index (χ1n) is 7.95. The molecular weight excluding hydrogens is 294 g/mol. The average Bonchev–Trinajstić information content (AvgIpc) is 3.00. The van der Waals surface area contributed by atoms with Crippen LogP contribution in [0.4, 0.5) is 0 Å². The van der Waals surface area contributed by atoms with Crippen molar-refractivity contribution in [1.29, 1.82) is 0 Å². The first kappa shape index (κ1) is 15.6. The van der Waals surface area contributed by atoms with Crippen LogP contribution in [0.5, 0.6) is 0 Å². The van der Waals surface area contributed by atoms with Crippen molar-refractivity contribution in [1.82, 2.24) is 15.0 Å². The van der Waals surface area contributed by atoms with Crippen molar-refractivity contribution < 1.29 is 4.52 Å². The maximum absolute atomic E-state index is 5.34. The number of rotatable bonds is 6. The quantitative estimate of drug-likeness (QED) is 0.763. The fraction of sp³-hybridized carbons (Fsp3) is 0.529. The molecule has 1 atom stereocenters. The van der Waals surface area contributed by atoms with Crippen molar-refractivity contribution >= 4 is 11.8 Å². The van der Waals surface area contributed by atoms with Crippen LogP contribution in [0, 0.1) is 6.92 Å². The highest BCUT2D eigenvalue weighted by atomic mass is 32.2.